The zero-order valence-corrected chi connectivity index (χ0v) is 17.7. The molecule has 0 fully saturated rings. The third-order valence-electron chi connectivity index (χ3n) is 5.30. The Bertz CT molecular complexity index is 1260. The van der Waals surface area contributed by atoms with Gasteiger partial charge in [0.25, 0.3) is 0 Å². The van der Waals surface area contributed by atoms with Crippen molar-refractivity contribution in [2.45, 2.75) is 13.3 Å². The number of esters is 1. The van der Waals surface area contributed by atoms with E-state index in [2.05, 4.69) is 10.3 Å². The lowest BCUT2D eigenvalue weighted by atomic mass is 10.1. The quantitative estimate of drug-likeness (QED) is 0.294. The Morgan fingerprint density at radius 2 is 1.69 bits per heavy atom. The summed E-state index contributed by atoms with van der Waals surface area (Å²) in [7, 11) is 0. The summed E-state index contributed by atoms with van der Waals surface area (Å²) in [6, 6.07) is 20.8. The molecule has 0 saturated heterocycles. The fourth-order valence-electron chi connectivity index (χ4n) is 3.72. The van der Waals surface area contributed by atoms with Crippen molar-refractivity contribution in [3.05, 3.63) is 101 Å². The fraction of sp³-hybridized carbons (Fsp3) is 0.154. The van der Waals surface area contributed by atoms with Gasteiger partial charge in [-0.1, -0.05) is 42.5 Å². The van der Waals surface area contributed by atoms with Crippen LogP contribution in [0.25, 0.3) is 10.9 Å². The number of anilines is 1. The van der Waals surface area contributed by atoms with Gasteiger partial charge >= 0.3 is 5.97 Å². The summed E-state index contributed by atoms with van der Waals surface area (Å²) in [5.41, 5.74) is 4.12. The molecule has 4 rings (SSSR count). The summed E-state index contributed by atoms with van der Waals surface area (Å²) in [4.78, 5) is 28.7. The standard InChI is InChI=1S/C26H23FN2O3/c1-17-25(20-6-2-5-9-23(20)29-17)24(30)16-32-26(31)21-7-3-4-8-22(21)28-15-14-18-10-12-19(27)13-11-18/h2-13,28-29H,14-16H2,1H3. The van der Waals surface area contributed by atoms with Crippen molar-refractivity contribution in [3.63, 3.8) is 0 Å². The van der Waals surface area contributed by atoms with Gasteiger partial charge in [-0.05, 0) is 49.2 Å². The van der Waals surface area contributed by atoms with Crippen LogP contribution in [0.1, 0.15) is 32.0 Å². The fourth-order valence-corrected chi connectivity index (χ4v) is 3.72. The number of aromatic nitrogens is 1. The van der Waals surface area contributed by atoms with E-state index in [9.17, 15) is 14.0 Å². The lowest BCUT2D eigenvalue weighted by molar-refractivity contribution is 0.0476. The number of H-pyrrole nitrogens is 1. The number of benzene rings is 3. The van der Waals surface area contributed by atoms with Crippen LogP contribution >= 0.6 is 0 Å². The smallest absolute Gasteiger partial charge is 0.340 e. The number of ether oxygens (including phenoxy) is 1. The number of carbonyl (C=O) groups is 2. The highest BCUT2D eigenvalue weighted by Gasteiger charge is 2.19. The number of Topliss-reactive ketones (excluding diaryl/α,β-unsaturated/α-hetero) is 1. The summed E-state index contributed by atoms with van der Waals surface area (Å²) in [5.74, 6) is -1.09. The summed E-state index contributed by atoms with van der Waals surface area (Å²) in [6.07, 6.45) is 0.669. The maximum Gasteiger partial charge on any atom is 0.340 e. The van der Waals surface area contributed by atoms with Gasteiger partial charge in [0.05, 0.1) is 5.56 Å². The molecule has 0 aliphatic rings. The van der Waals surface area contributed by atoms with E-state index in [1.54, 1.807) is 30.3 Å². The molecule has 5 nitrogen and oxygen atoms in total. The minimum atomic E-state index is -0.569. The minimum Gasteiger partial charge on any atom is -0.454 e. The Labute approximate surface area is 185 Å². The molecule has 32 heavy (non-hydrogen) atoms. The Morgan fingerprint density at radius 3 is 2.50 bits per heavy atom. The maximum atomic E-state index is 13.0. The average Bonchev–Trinajstić information content (AvgIpc) is 3.14. The number of aromatic amines is 1. The van der Waals surface area contributed by atoms with E-state index in [1.165, 1.54) is 12.1 Å². The van der Waals surface area contributed by atoms with Crippen molar-refractivity contribution in [1.82, 2.24) is 4.98 Å². The van der Waals surface area contributed by atoms with Gasteiger partial charge in [0, 0.05) is 34.4 Å². The number of ketones is 1. The van der Waals surface area contributed by atoms with E-state index < -0.39 is 5.97 Å². The lowest BCUT2D eigenvalue weighted by Crippen LogP contribution is -2.16. The number of fused-ring (bicyclic) bond motifs is 1. The number of para-hydroxylation sites is 2. The Morgan fingerprint density at radius 1 is 0.969 bits per heavy atom. The molecule has 0 bridgehead atoms. The van der Waals surface area contributed by atoms with Crippen LogP contribution in [0.5, 0.6) is 0 Å². The third kappa shape index (κ3) is 4.70. The lowest BCUT2D eigenvalue weighted by Gasteiger charge is -2.12. The first-order valence-corrected chi connectivity index (χ1v) is 10.4. The number of aryl methyl sites for hydroxylation is 1. The highest BCUT2D eigenvalue weighted by Crippen LogP contribution is 2.23. The monoisotopic (exact) mass is 430 g/mol. The van der Waals surface area contributed by atoms with Crippen molar-refractivity contribution < 1.29 is 18.7 Å². The van der Waals surface area contributed by atoms with E-state index in [1.807, 2.05) is 37.3 Å². The highest BCUT2D eigenvalue weighted by atomic mass is 19.1. The highest BCUT2D eigenvalue weighted by molar-refractivity contribution is 6.10. The van der Waals surface area contributed by atoms with Crippen LogP contribution in [0.15, 0.2) is 72.8 Å². The summed E-state index contributed by atoms with van der Waals surface area (Å²) < 4.78 is 18.4. The first kappa shape index (κ1) is 21.3. The van der Waals surface area contributed by atoms with E-state index in [4.69, 9.17) is 4.74 Å². The van der Waals surface area contributed by atoms with E-state index in [0.29, 0.717) is 29.8 Å². The molecule has 0 unspecified atom stereocenters. The molecule has 0 spiro atoms. The molecule has 162 valence electrons. The second-order valence-electron chi connectivity index (χ2n) is 7.52. The molecule has 0 atom stereocenters. The number of carbonyl (C=O) groups excluding carboxylic acids is 2. The number of halogens is 1. The van der Waals surface area contributed by atoms with Crippen molar-refractivity contribution in [2.75, 3.05) is 18.5 Å². The predicted octanol–water partition coefficient (Wildman–Crippen LogP) is 5.31. The molecular formula is C26H23FN2O3. The molecule has 0 saturated carbocycles. The van der Waals surface area contributed by atoms with E-state index >= 15 is 0 Å². The molecule has 0 aliphatic heterocycles. The Balaban J connectivity index is 1.39. The number of hydrogen-bond donors (Lipinski definition) is 2. The van der Waals surface area contributed by atoms with Crippen molar-refractivity contribution in [2.24, 2.45) is 0 Å². The van der Waals surface area contributed by atoms with Gasteiger partial charge in [-0.25, -0.2) is 9.18 Å². The Kier molecular flexibility index (Phi) is 6.31. The molecule has 3 aromatic carbocycles. The zero-order valence-electron chi connectivity index (χ0n) is 17.7. The van der Waals surface area contributed by atoms with Gasteiger partial charge in [0.1, 0.15) is 5.82 Å². The summed E-state index contributed by atoms with van der Waals surface area (Å²) in [5, 5.41) is 4.04. The van der Waals surface area contributed by atoms with Gasteiger partial charge in [0.2, 0.25) is 5.78 Å². The normalized spacial score (nSPS) is 10.8. The molecule has 6 heteroatoms. The molecule has 0 radical (unpaired) electrons. The molecule has 1 heterocycles. The number of rotatable bonds is 8. The van der Waals surface area contributed by atoms with Gasteiger partial charge in [0.15, 0.2) is 6.61 Å². The van der Waals surface area contributed by atoms with E-state index in [-0.39, 0.29) is 18.2 Å². The Hall–Kier alpha value is -3.93. The van der Waals surface area contributed by atoms with Crippen LogP contribution in [0.2, 0.25) is 0 Å². The molecule has 0 amide bonds. The number of hydrogen-bond acceptors (Lipinski definition) is 4. The first-order valence-electron chi connectivity index (χ1n) is 10.4. The molecule has 1 aromatic heterocycles. The van der Waals surface area contributed by atoms with Gasteiger partial charge < -0.3 is 15.0 Å². The van der Waals surface area contributed by atoms with E-state index in [0.717, 1.165) is 22.2 Å². The predicted molar refractivity (Wildman–Crippen MR) is 123 cm³/mol. The SMILES string of the molecule is Cc1[nH]c2ccccc2c1C(=O)COC(=O)c1ccccc1NCCc1ccc(F)cc1. The molecule has 4 aromatic rings. The minimum absolute atomic E-state index is 0.255. The number of nitrogens with one attached hydrogen (secondary N) is 2. The van der Waals surface area contributed by atoms with Gasteiger partial charge in [-0.15, -0.1) is 0 Å². The zero-order chi connectivity index (χ0) is 22.5. The van der Waals surface area contributed by atoms with Crippen LogP contribution in [0.3, 0.4) is 0 Å². The van der Waals surface area contributed by atoms with Crippen molar-refractivity contribution >= 4 is 28.3 Å². The molecular weight excluding hydrogens is 407 g/mol. The van der Waals surface area contributed by atoms with Gasteiger partial charge in [-0.3, -0.25) is 4.79 Å². The molecule has 2 N–H and O–H groups in total. The van der Waals surface area contributed by atoms with Crippen LogP contribution in [-0.2, 0) is 11.2 Å². The summed E-state index contributed by atoms with van der Waals surface area (Å²) in [6.45, 7) is 2.05. The second kappa shape index (κ2) is 9.47. The van der Waals surface area contributed by atoms with Crippen molar-refractivity contribution in [1.29, 1.82) is 0 Å². The maximum absolute atomic E-state index is 13.0. The van der Waals surface area contributed by atoms with Crippen LogP contribution < -0.4 is 5.32 Å². The third-order valence-corrected chi connectivity index (χ3v) is 5.30. The van der Waals surface area contributed by atoms with Crippen molar-refractivity contribution in [3.8, 4) is 0 Å². The second-order valence-corrected chi connectivity index (χ2v) is 7.52. The first-order chi connectivity index (χ1) is 15.5. The summed E-state index contributed by atoms with van der Waals surface area (Å²) >= 11 is 0. The van der Waals surface area contributed by atoms with Crippen LogP contribution in [-0.4, -0.2) is 29.9 Å². The molecule has 0 aliphatic carbocycles. The van der Waals surface area contributed by atoms with Gasteiger partial charge in [-0.2, -0.15) is 0 Å². The van der Waals surface area contributed by atoms with Crippen LogP contribution in [0.4, 0.5) is 10.1 Å². The average molecular weight is 430 g/mol. The largest absolute Gasteiger partial charge is 0.454 e. The topological polar surface area (TPSA) is 71.2 Å². The van der Waals surface area contributed by atoms with Crippen LogP contribution in [0, 0.1) is 12.7 Å².